The van der Waals surface area contributed by atoms with Gasteiger partial charge in [0.05, 0.1) is 5.69 Å². The molecule has 3 nitrogen and oxygen atoms in total. The molecule has 0 aliphatic carbocycles. The molecule has 1 aromatic heterocycles. The molecule has 2 N–H and O–H groups in total. The van der Waals surface area contributed by atoms with Crippen molar-refractivity contribution >= 4 is 17.4 Å². The maximum absolute atomic E-state index is 13.8. The van der Waals surface area contributed by atoms with E-state index in [4.69, 9.17) is 17.3 Å². The number of nitrogens with zero attached hydrogens (tertiary/aromatic N) is 2. The molecule has 0 bridgehead atoms. The molecule has 2 aromatic carbocycles. The number of rotatable bonds is 2. The van der Waals surface area contributed by atoms with E-state index in [1.807, 2.05) is 0 Å². The van der Waals surface area contributed by atoms with E-state index in [1.54, 1.807) is 30.3 Å². The second-order valence-electron chi connectivity index (χ2n) is 4.47. The van der Waals surface area contributed by atoms with E-state index in [1.165, 1.54) is 10.7 Å². The van der Waals surface area contributed by atoms with Crippen LogP contribution in [0.4, 0.5) is 14.6 Å². The fourth-order valence-corrected chi connectivity index (χ4v) is 2.13. The summed E-state index contributed by atoms with van der Waals surface area (Å²) in [5.41, 5.74) is 7.33. The molecule has 3 rings (SSSR count). The highest BCUT2D eigenvalue weighted by atomic mass is 35.5. The summed E-state index contributed by atoms with van der Waals surface area (Å²) in [6.07, 6.45) is 0. The maximum atomic E-state index is 13.8. The van der Waals surface area contributed by atoms with Gasteiger partial charge in [0.25, 0.3) is 0 Å². The zero-order valence-electron chi connectivity index (χ0n) is 10.7. The number of hydrogen-bond donors (Lipinski definition) is 1. The summed E-state index contributed by atoms with van der Waals surface area (Å²) < 4.78 is 28.0. The molecule has 0 saturated carbocycles. The Hall–Kier alpha value is -2.40. The number of nitrogens with two attached hydrogens (primary N) is 1. The first-order valence-electron chi connectivity index (χ1n) is 6.11. The van der Waals surface area contributed by atoms with E-state index < -0.39 is 11.6 Å². The molecule has 0 spiro atoms. The van der Waals surface area contributed by atoms with Gasteiger partial charge in [0.2, 0.25) is 0 Å². The van der Waals surface area contributed by atoms with Crippen molar-refractivity contribution in [2.75, 3.05) is 5.73 Å². The largest absolute Gasteiger partial charge is 0.384 e. The SMILES string of the molecule is Nc1cc(-c2ccc(Cl)cc2)nn1-c1ccc(F)cc1F. The van der Waals surface area contributed by atoms with E-state index in [9.17, 15) is 8.78 Å². The van der Waals surface area contributed by atoms with Crippen molar-refractivity contribution in [1.82, 2.24) is 9.78 Å². The zero-order valence-corrected chi connectivity index (χ0v) is 11.5. The first kappa shape index (κ1) is 13.6. The molecule has 0 amide bonds. The van der Waals surface area contributed by atoms with Crippen LogP contribution in [0.25, 0.3) is 16.9 Å². The van der Waals surface area contributed by atoms with E-state index in [0.29, 0.717) is 10.7 Å². The van der Waals surface area contributed by atoms with Crippen LogP contribution in [0.2, 0.25) is 5.02 Å². The molecule has 21 heavy (non-hydrogen) atoms. The second kappa shape index (κ2) is 5.18. The van der Waals surface area contributed by atoms with Gasteiger partial charge in [0.15, 0.2) is 5.82 Å². The van der Waals surface area contributed by atoms with E-state index >= 15 is 0 Å². The van der Waals surface area contributed by atoms with Gasteiger partial charge < -0.3 is 5.73 Å². The molecule has 106 valence electrons. The van der Waals surface area contributed by atoms with Crippen molar-refractivity contribution < 1.29 is 8.78 Å². The number of benzene rings is 2. The summed E-state index contributed by atoms with van der Waals surface area (Å²) in [6.45, 7) is 0. The van der Waals surface area contributed by atoms with Crippen LogP contribution in [0.15, 0.2) is 48.5 Å². The molecule has 0 saturated heterocycles. The van der Waals surface area contributed by atoms with Gasteiger partial charge in [0, 0.05) is 22.7 Å². The maximum Gasteiger partial charge on any atom is 0.151 e. The predicted octanol–water partition coefficient (Wildman–Crippen LogP) is 4.05. The van der Waals surface area contributed by atoms with Gasteiger partial charge in [-0.2, -0.15) is 5.10 Å². The minimum atomic E-state index is -0.729. The molecule has 0 atom stereocenters. The van der Waals surface area contributed by atoms with Gasteiger partial charge >= 0.3 is 0 Å². The highest BCUT2D eigenvalue weighted by Gasteiger charge is 2.12. The van der Waals surface area contributed by atoms with Gasteiger partial charge in [0.1, 0.15) is 17.3 Å². The van der Waals surface area contributed by atoms with Crippen LogP contribution in [0, 0.1) is 11.6 Å². The molecule has 0 fully saturated rings. The van der Waals surface area contributed by atoms with Gasteiger partial charge in [-0.3, -0.25) is 0 Å². The van der Waals surface area contributed by atoms with Gasteiger partial charge in [-0.25, -0.2) is 13.5 Å². The number of nitrogen functional groups attached to an aromatic ring is 1. The van der Waals surface area contributed by atoms with Crippen LogP contribution in [0.5, 0.6) is 0 Å². The fourth-order valence-electron chi connectivity index (χ4n) is 2.00. The third-order valence-corrected chi connectivity index (χ3v) is 3.27. The lowest BCUT2D eigenvalue weighted by atomic mass is 10.1. The van der Waals surface area contributed by atoms with Crippen molar-refractivity contribution in [3.05, 3.63) is 65.2 Å². The van der Waals surface area contributed by atoms with Crippen molar-refractivity contribution in [2.45, 2.75) is 0 Å². The molecular weight excluding hydrogens is 296 g/mol. The Balaban J connectivity index is 2.07. The number of anilines is 1. The minimum absolute atomic E-state index is 0.0918. The Morgan fingerprint density at radius 3 is 2.38 bits per heavy atom. The van der Waals surface area contributed by atoms with Crippen molar-refractivity contribution in [1.29, 1.82) is 0 Å². The molecule has 3 aromatic rings. The number of aromatic nitrogens is 2. The Kier molecular flexibility index (Phi) is 3.35. The highest BCUT2D eigenvalue weighted by molar-refractivity contribution is 6.30. The Morgan fingerprint density at radius 1 is 1.00 bits per heavy atom. The molecule has 0 aliphatic rings. The average molecular weight is 306 g/mol. The average Bonchev–Trinajstić information content (AvgIpc) is 2.81. The van der Waals surface area contributed by atoms with E-state index in [2.05, 4.69) is 5.10 Å². The fraction of sp³-hybridized carbons (Fsp3) is 0. The zero-order chi connectivity index (χ0) is 15.0. The molecule has 0 radical (unpaired) electrons. The van der Waals surface area contributed by atoms with Crippen LogP contribution < -0.4 is 5.73 Å². The predicted molar refractivity (Wildman–Crippen MR) is 78.3 cm³/mol. The molecular formula is C15H10ClF2N3. The summed E-state index contributed by atoms with van der Waals surface area (Å²) in [6, 6.07) is 11.9. The van der Waals surface area contributed by atoms with Crippen LogP contribution in [0.3, 0.4) is 0 Å². The third-order valence-electron chi connectivity index (χ3n) is 3.01. The van der Waals surface area contributed by atoms with E-state index in [0.717, 1.165) is 17.7 Å². The number of hydrogen-bond acceptors (Lipinski definition) is 2. The monoisotopic (exact) mass is 305 g/mol. The van der Waals surface area contributed by atoms with Gasteiger partial charge in [-0.1, -0.05) is 23.7 Å². The lowest BCUT2D eigenvalue weighted by Crippen LogP contribution is -2.04. The molecule has 0 unspecified atom stereocenters. The van der Waals surface area contributed by atoms with Gasteiger partial charge in [-0.05, 0) is 24.3 Å². The second-order valence-corrected chi connectivity index (χ2v) is 4.91. The third kappa shape index (κ3) is 2.60. The van der Waals surface area contributed by atoms with Crippen LogP contribution in [-0.2, 0) is 0 Å². The van der Waals surface area contributed by atoms with Gasteiger partial charge in [-0.15, -0.1) is 0 Å². The summed E-state index contributed by atoms with van der Waals surface area (Å²) in [5, 5.41) is 4.86. The first-order valence-corrected chi connectivity index (χ1v) is 6.49. The normalized spacial score (nSPS) is 10.8. The van der Waals surface area contributed by atoms with Crippen molar-refractivity contribution in [2.24, 2.45) is 0 Å². The minimum Gasteiger partial charge on any atom is -0.384 e. The lowest BCUT2D eigenvalue weighted by Gasteiger charge is -2.05. The highest BCUT2D eigenvalue weighted by Crippen LogP contribution is 2.25. The lowest BCUT2D eigenvalue weighted by molar-refractivity contribution is 0.574. The van der Waals surface area contributed by atoms with Crippen molar-refractivity contribution in [3.8, 4) is 16.9 Å². The van der Waals surface area contributed by atoms with Crippen LogP contribution in [0.1, 0.15) is 0 Å². The standard InChI is InChI=1S/C15H10ClF2N3/c16-10-3-1-9(2-4-10)13-8-15(19)21(20-13)14-6-5-11(17)7-12(14)18/h1-8H,19H2. The molecule has 6 heteroatoms. The summed E-state index contributed by atoms with van der Waals surface area (Å²) in [5.74, 6) is -1.13. The summed E-state index contributed by atoms with van der Waals surface area (Å²) in [4.78, 5) is 0. The summed E-state index contributed by atoms with van der Waals surface area (Å²) >= 11 is 5.83. The molecule has 0 aliphatic heterocycles. The Morgan fingerprint density at radius 2 is 1.71 bits per heavy atom. The Labute approximate surface area is 124 Å². The number of halogens is 3. The van der Waals surface area contributed by atoms with E-state index in [-0.39, 0.29) is 11.5 Å². The molecule has 1 heterocycles. The quantitative estimate of drug-likeness (QED) is 0.776. The topological polar surface area (TPSA) is 43.8 Å². The Bertz CT molecular complexity index is 797. The van der Waals surface area contributed by atoms with Crippen LogP contribution >= 0.6 is 11.6 Å². The van der Waals surface area contributed by atoms with Crippen LogP contribution in [-0.4, -0.2) is 9.78 Å². The first-order chi connectivity index (χ1) is 10.0. The summed E-state index contributed by atoms with van der Waals surface area (Å²) in [7, 11) is 0. The van der Waals surface area contributed by atoms with Crippen molar-refractivity contribution in [3.63, 3.8) is 0 Å². The smallest absolute Gasteiger partial charge is 0.151 e.